The van der Waals surface area contributed by atoms with E-state index in [-0.39, 0.29) is 6.04 Å². The fraction of sp³-hybridized carbons (Fsp3) is 0.333. The Morgan fingerprint density at radius 2 is 2.13 bits per heavy atom. The minimum Gasteiger partial charge on any atom is -0.232 e. The molecule has 6 nitrogen and oxygen atoms in total. The van der Waals surface area contributed by atoms with Crippen LogP contribution in [0.1, 0.15) is 31.0 Å². The zero-order chi connectivity index (χ0) is 15.9. The molecule has 0 N–H and O–H groups in total. The molecule has 23 heavy (non-hydrogen) atoms. The Hall–Kier alpha value is -1.77. The standard InChI is InChI=1S/C15H16N4O2S2/c20-23(21,15-5-3-11-22-15)19-9-2-1-4-13(19)12-7-10-18-14(17-12)6-8-16-18/h3,5-8,10-11,13H,1-2,4,9H2/t13-/m0/s1. The summed E-state index contributed by atoms with van der Waals surface area (Å²) in [6.45, 7) is 0.539. The molecule has 0 bridgehead atoms. The molecule has 0 radical (unpaired) electrons. The van der Waals surface area contributed by atoms with Crippen LogP contribution in [0.15, 0.2) is 46.2 Å². The first-order valence-corrected chi connectivity index (χ1v) is 9.84. The Bertz CT molecular complexity index is 918. The lowest BCUT2D eigenvalue weighted by Gasteiger charge is -2.33. The minimum atomic E-state index is -3.47. The molecule has 4 rings (SSSR count). The van der Waals surface area contributed by atoms with Gasteiger partial charge < -0.3 is 0 Å². The normalized spacial score (nSPS) is 20.1. The molecule has 1 atom stereocenters. The summed E-state index contributed by atoms with van der Waals surface area (Å²) in [5, 5.41) is 5.93. The molecule has 1 fully saturated rings. The van der Waals surface area contributed by atoms with Gasteiger partial charge in [0, 0.05) is 18.8 Å². The zero-order valence-corrected chi connectivity index (χ0v) is 14.0. The number of nitrogens with zero attached hydrogens (tertiary/aromatic N) is 4. The maximum atomic E-state index is 12.9. The second-order valence-electron chi connectivity index (χ2n) is 5.55. The molecule has 1 saturated heterocycles. The Morgan fingerprint density at radius 3 is 2.96 bits per heavy atom. The van der Waals surface area contributed by atoms with Crippen molar-refractivity contribution >= 4 is 27.0 Å². The van der Waals surface area contributed by atoms with Crippen LogP contribution in [0.5, 0.6) is 0 Å². The smallest absolute Gasteiger partial charge is 0.232 e. The van der Waals surface area contributed by atoms with E-state index < -0.39 is 10.0 Å². The van der Waals surface area contributed by atoms with Crippen LogP contribution in [0.25, 0.3) is 5.65 Å². The molecule has 1 aliphatic heterocycles. The Balaban J connectivity index is 1.75. The highest BCUT2D eigenvalue weighted by Crippen LogP contribution is 2.35. The van der Waals surface area contributed by atoms with Crippen LogP contribution in [0, 0.1) is 0 Å². The predicted octanol–water partition coefficient (Wildman–Crippen LogP) is 2.71. The summed E-state index contributed by atoms with van der Waals surface area (Å²) in [7, 11) is -3.47. The number of hydrogen-bond donors (Lipinski definition) is 0. The van der Waals surface area contributed by atoms with Crippen LogP contribution in [-0.4, -0.2) is 33.9 Å². The third-order valence-corrected chi connectivity index (χ3v) is 7.41. The molecule has 0 amide bonds. The van der Waals surface area contributed by atoms with Crippen molar-refractivity contribution in [2.24, 2.45) is 0 Å². The third-order valence-electron chi connectivity index (χ3n) is 4.13. The third kappa shape index (κ3) is 2.56. The van der Waals surface area contributed by atoms with Gasteiger partial charge in [-0.2, -0.15) is 9.40 Å². The minimum absolute atomic E-state index is 0.212. The predicted molar refractivity (Wildman–Crippen MR) is 87.8 cm³/mol. The Kier molecular flexibility index (Phi) is 3.67. The van der Waals surface area contributed by atoms with Crippen molar-refractivity contribution in [2.75, 3.05) is 6.54 Å². The molecule has 8 heteroatoms. The topological polar surface area (TPSA) is 67.6 Å². The van der Waals surface area contributed by atoms with Gasteiger partial charge in [-0.05, 0) is 30.4 Å². The largest absolute Gasteiger partial charge is 0.253 e. The Labute approximate surface area is 138 Å². The van der Waals surface area contributed by atoms with E-state index in [0.717, 1.165) is 30.6 Å². The van der Waals surface area contributed by atoms with E-state index >= 15 is 0 Å². The van der Waals surface area contributed by atoms with Crippen LogP contribution in [0.4, 0.5) is 0 Å². The van der Waals surface area contributed by atoms with Gasteiger partial charge in [0.05, 0.1) is 17.9 Å². The summed E-state index contributed by atoms with van der Waals surface area (Å²) in [6.07, 6.45) is 6.21. The van der Waals surface area contributed by atoms with E-state index in [0.29, 0.717) is 10.8 Å². The molecule has 0 saturated carbocycles. The van der Waals surface area contributed by atoms with Gasteiger partial charge in [-0.3, -0.25) is 0 Å². The summed E-state index contributed by atoms with van der Waals surface area (Å²) in [6, 6.07) is 6.92. The van der Waals surface area contributed by atoms with Gasteiger partial charge in [-0.15, -0.1) is 11.3 Å². The molecular formula is C15H16N4O2S2. The molecule has 3 aromatic rings. The van der Waals surface area contributed by atoms with E-state index in [1.54, 1.807) is 32.5 Å². The average Bonchev–Trinajstić information content (AvgIpc) is 3.26. The van der Waals surface area contributed by atoms with Crippen molar-refractivity contribution in [3.63, 3.8) is 0 Å². The van der Waals surface area contributed by atoms with Gasteiger partial charge in [-0.1, -0.05) is 12.5 Å². The molecule has 0 aromatic carbocycles. The van der Waals surface area contributed by atoms with Gasteiger partial charge in [0.2, 0.25) is 0 Å². The van der Waals surface area contributed by atoms with Crippen LogP contribution < -0.4 is 0 Å². The SMILES string of the molecule is O=S(=O)(c1cccs1)N1CCCC[C@H]1c1ccn2nccc2n1. The van der Waals surface area contributed by atoms with Gasteiger partial charge >= 0.3 is 0 Å². The Morgan fingerprint density at radius 1 is 1.22 bits per heavy atom. The van der Waals surface area contributed by atoms with Crippen molar-refractivity contribution in [2.45, 2.75) is 29.5 Å². The number of fused-ring (bicyclic) bond motifs is 1. The average molecular weight is 348 g/mol. The lowest BCUT2D eigenvalue weighted by atomic mass is 10.0. The summed E-state index contributed by atoms with van der Waals surface area (Å²) in [5.41, 5.74) is 1.53. The molecule has 4 heterocycles. The number of rotatable bonds is 3. The quantitative estimate of drug-likeness (QED) is 0.730. The molecule has 0 unspecified atom stereocenters. The number of piperidine rings is 1. The first-order valence-electron chi connectivity index (χ1n) is 7.52. The van der Waals surface area contributed by atoms with Crippen LogP contribution in [0.3, 0.4) is 0 Å². The lowest BCUT2D eigenvalue weighted by Crippen LogP contribution is -2.38. The highest BCUT2D eigenvalue weighted by atomic mass is 32.2. The van der Waals surface area contributed by atoms with Crippen molar-refractivity contribution in [3.05, 3.63) is 47.7 Å². The fourth-order valence-corrected chi connectivity index (χ4v) is 5.82. The van der Waals surface area contributed by atoms with Gasteiger partial charge in [0.25, 0.3) is 10.0 Å². The van der Waals surface area contributed by atoms with Crippen LogP contribution >= 0.6 is 11.3 Å². The van der Waals surface area contributed by atoms with Crippen LogP contribution in [-0.2, 0) is 10.0 Å². The summed E-state index contributed by atoms with van der Waals surface area (Å²) >= 11 is 1.26. The lowest BCUT2D eigenvalue weighted by molar-refractivity contribution is 0.252. The summed E-state index contributed by atoms with van der Waals surface area (Å²) in [5.74, 6) is 0. The van der Waals surface area contributed by atoms with Gasteiger partial charge in [-0.25, -0.2) is 17.9 Å². The van der Waals surface area contributed by atoms with Gasteiger partial charge in [0.15, 0.2) is 5.65 Å². The van der Waals surface area contributed by atoms with Gasteiger partial charge in [0.1, 0.15) is 4.21 Å². The van der Waals surface area contributed by atoms with E-state index in [1.807, 2.05) is 18.3 Å². The van der Waals surface area contributed by atoms with Crippen molar-refractivity contribution in [1.29, 1.82) is 0 Å². The summed E-state index contributed by atoms with van der Waals surface area (Å²) in [4.78, 5) is 4.60. The van der Waals surface area contributed by atoms with Crippen molar-refractivity contribution in [3.8, 4) is 0 Å². The van der Waals surface area contributed by atoms with Crippen molar-refractivity contribution < 1.29 is 8.42 Å². The first kappa shape index (κ1) is 14.8. The second kappa shape index (κ2) is 5.70. The molecule has 0 aliphatic carbocycles. The van der Waals surface area contributed by atoms with E-state index in [9.17, 15) is 8.42 Å². The zero-order valence-electron chi connectivity index (χ0n) is 12.4. The highest BCUT2D eigenvalue weighted by Gasteiger charge is 2.35. The molecule has 0 spiro atoms. The second-order valence-corrected chi connectivity index (χ2v) is 8.61. The number of hydrogen-bond acceptors (Lipinski definition) is 5. The number of aromatic nitrogens is 3. The monoisotopic (exact) mass is 348 g/mol. The van der Waals surface area contributed by atoms with Crippen LogP contribution in [0.2, 0.25) is 0 Å². The number of thiophene rings is 1. The molecule has 1 aliphatic rings. The number of sulfonamides is 1. The maximum absolute atomic E-state index is 12.9. The molecule has 3 aromatic heterocycles. The first-order chi connectivity index (χ1) is 11.2. The van der Waals surface area contributed by atoms with E-state index in [1.165, 1.54) is 11.3 Å². The van der Waals surface area contributed by atoms with Crippen molar-refractivity contribution in [1.82, 2.24) is 18.9 Å². The highest BCUT2D eigenvalue weighted by molar-refractivity contribution is 7.91. The molecular weight excluding hydrogens is 332 g/mol. The summed E-state index contributed by atoms with van der Waals surface area (Å²) < 4.78 is 29.6. The van der Waals surface area contributed by atoms with E-state index in [2.05, 4.69) is 10.1 Å². The maximum Gasteiger partial charge on any atom is 0.253 e. The fourth-order valence-electron chi connectivity index (χ4n) is 3.03. The van der Waals surface area contributed by atoms with E-state index in [4.69, 9.17) is 0 Å². The molecule has 120 valence electrons.